The van der Waals surface area contributed by atoms with E-state index in [9.17, 15) is 18.4 Å². The number of Topliss-reactive ketones (excluding diaryl/α,β-unsaturated/α-hetero) is 1. The number of anilines is 1. The second-order valence-electron chi connectivity index (χ2n) is 9.37. The van der Waals surface area contributed by atoms with Crippen molar-refractivity contribution < 1.29 is 18.4 Å². The van der Waals surface area contributed by atoms with E-state index in [2.05, 4.69) is 10.6 Å². The third-order valence-corrected chi connectivity index (χ3v) is 6.15. The number of nitrogens with one attached hydrogen (secondary N) is 2. The SMILES string of the molecule is CC1=C(C(=O)Nc2ccccc2C)[C@H](c2ccc(F)c(F)c2)C2=C(CC(C)(C)CC2=O)N1. The van der Waals surface area contributed by atoms with Crippen LogP contribution in [0.3, 0.4) is 0 Å². The first-order valence-corrected chi connectivity index (χ1v) is 10.6. The van der Waals surface area contributed by atoms with Crippen LogP contribution in [0.25, 0.3) is 0 Å². The van der Waals surface area contributed by atoms with Crippen LogP contribution in [-0.4, -0.2) is 11.7 Å². The summed E-state index contributed by atoms with van der Waals surface area (Å²) in [6, 6.07) is 10.9. The Hall–Kier alpha value is -3.28. The van der Waals surface area contributed by atoms with E-state index >= 15 is 0 Å². The summed E-state index contributed by atoms with van der Waals surface area (Å²) in [6.45, 7) is 7.69. The van der Waals surface area contributed by atoms with E-state index < -0.39 is 17.6 Å². The third kappa shape index (κ3) is 3.97. The molecule has 4 rings (SSSR count). The Balaban J connectivity index is 1.84. The Labute approximate surface area is 186 Å². The maximum Gasteiger partial charge on any atom is 0.254 e. The van der Waals surface area contributed by atoms with Gasteiger partial charge in [0.2, 0.25) is 0 Å². The molecular weight excluding hydrogens is 410 g/mol. The summed E-state index contributed by atoms with van der Waals surface area (Å²) < 4.78 is 27.9. The molecule has 0 bridgehead atoms. The molecule has 0 unspecified atom stereocenters. The minimum atomic E-state index is -1.01. The molecule has 0 fully saturated rings. The second kappa shape index (κ2) is 8.01. The highest BCUT2D eigenvalue weighted by Gasteiger charge is 2.42. The van der Waals surface area contributed by atoms with E-state index in [1.807, 2.05) is 39.0 Å². The molecule has 1 heterocycles. The summed E-state index contributed by atoms with van der Waals surface area (Å²) in [5.41, 5.74) is 3.80. The number of carbonyl (C=O) groups excluding carboxylic acids is 2. The van der Waals surface area contributed by atoms with E-state index in [-0.39, 0.29) is 17.1 Å². The van der Waals surface area contributed by atoms with Gasteiger partial charge < -0.3 is 10.6 Å². The Kier molecular flexibility index (Phi) is 5.49. The first-order valence-electron chi connectivity index (χ1n) is 10.6. The Morgan fingerprint density at radius 3 is 2.47 bits per heavy atom. The van der Waals surface area contributed by atoms with Crippen molar-refractivity contribution in [2.45, 2.75) is 46.5 Å². The van der Waals surface area contributed by atoms with E-state index in [0.717, 1.165) is 23.4 Å². The average Bonchev–Trinajstić information content (AvgIpc) is 2.69. The average molecular weight is 437 g/mol. The standard InChI is InChI=1S/C26H26F2N2O2/c1-14-7-5-6-8-19(14)30-25(32)22-15(2)29-20-12-26(3,4)13-21(31)24(20)23(22)16-9-10-17(27)18(28)11-16/h5-11,23,29H,12-13H2,1-4H3,(H,30,32)/t23-/m0/s1. The molecule has 2 N–H and O–H groups in total. The summed E-state index contributed by atoms with van der Waals surface area (Å²) in [4.78, 5) is 26.7. The van der Waals surface area contributed by atoms with Crippen LogP contribution in [0.4, 0.5) is 14.5 Å². The normalized spacial score (nSPS) is 20.1. The van der Waals surface area contributed by atoms with Crippen molar-refractivity contribution in [2.24, 2.45) is 5.41 Å². The number of hydrogen-bond donors (Lipinski definition) is 2. The number of rotatable bonds is 3. The fourth-order valence-electron chi connectivity index (χ4n) is 4.67. The van der Waals surface area contributed by atoms with Crippen molar-refractivity contribution in [3.8, 4) is 0 Å². The van der Waals surface area contributed by atoms with Gasteiger partial charge in [-0.15, -0.1) is 0 Å². The van der Waals surface area contributed by atoms with Crippen molar-refractivity contribution >= 4 is 17.4 Å². The highest BCUT2D eigenvalue weighted by molar-refractivity contribution is 6.10. The summed E-state index contributed by atoms with van der Waals surface area (Å²) in [6.07, 6.45) is 0.942. The van der Waals surface area contributed by atoms with Crippen LogP contribution in [-0.2, 0) is 9.59 Å². The lowest BCUT2D eigenvalue weighted by Crippen LogP contribution is -2.39. The molecule has 0 radical (unpaired) electrons. The molecule has 166 valence electrons. The molecule has 1 amide bonds. The zero-order chi connectivity index (χ0) is 23.2. The van der Waals surface area contributed by atoms with Gasteiger partial charge in [0, 0.05) is 40.6 Å². The number of hydrogen-bond acceptors (Lipinski definition) is 3. The summed E-state index contributed by atoms with van der Waals surface area (Å²) in [7, 11) is 0. The first kappa shape index (κ1) is 21.9. The summed E-state index contributed by atoms with van der Waals surface area (Å²) >= 11 is 0. The van der Waals surface area contributed by atoms with Gasteiger partial charge in [-0.3, -0.25) is 9.59 Å². The fraction of sp³-hybridized carbons (Fsp3) is 0.308. The monoisotopic (exact) mass is 436 g/mol. The zero-order valence-electron chi connectivity index (χ0n) is 18.6. The van der Waals surface area contributed by atoms with Crippen LogP contribution in [0, 0.1) is 24.0 Å². The lowest BCUT2D eigenvalue weighted by molar-refractivity contribution is -0.118. The topological polar surface area (TPSA) is 58.2 Å². The number of allylic oxidation sites excluding steroid dienone is 3. The molecule has 0 spiro atoms. The number of dihydropyridines is 1. The molecule has 2 aromatic rings. The summed E-state index contributed by atoms with van der Waals surface area (Å²) in [5, 5.41) is 6.20. The van der Waals surface area contributed by atoms with Crippen molar-refractivity contribution in [1.82, 2.24) is 5.32 Å². The molecule has 2 aliphatic rings. The van der Waals surface area contributed by atoms with Gasteiger partial charge in [0.15, 0.2) is 17.4 Å². The number of para-hydroxylation sites is 1. The van der Waals surface area contributed by atoms with Crippen molar-refractivity contribution in [3.63, 3.8) is 0 Å². The second-order valence-corrected chi connectivity index (χ2v) is 9.37. The molecule has 0 saturated heterocycles. The van der Waals surface area contributed by atoms with Gasteiger partial charge in [0.05, 0.1) is 0 Å². The van der Waals surface area contributed by atoms with Gasteiger partial charge >= 0.3 is 0 Å². The van der Waals surface area contributed by atoms with Gasteiger partial charge in [0.1, 0.15) is 0 Å². The molecule has 4 nitrogen and oxygen atoms in total. The Morgan fingerprint density at radius 2 is 1.78 bits per heavy atom. The zero-order valence-corrected chi connectivity index (χ0v) is 18.6. The molecule has 6 heteroatoms. The highest BCUT2D eigenvalue weighted by atomic mass is 19.2. The minimum Gasteiger partial charge on any atom is -0.362 e. The van der Waals surface area contributed by atoms with Gasteiger partial charge in [0.25, 0.3) is 5.91 Å². The Bertz CT molecular complexity index is 1190. The molecule has 1 aliphatic carbocycles. The minimum absolute atomic E-state index is 0.0906. The van der Waals surface area contributed by atoms with Gasteiger partial charge in [-0.1, -0.05) is 38.1 Å². The molecule has 0 saturated carbocycles. The smallest absolute Gasteiger partial charge is 0.254 e. The van der Waals surface area contributed by atoms with E-state index in [1.165, 1.54) is 6.07 Å². The maximum atomic E-state index is 14.2. The van der Waals surface area contributed by atoms with Crippen molar-refractivity contribution in [3.05, 3.63) is 87.8 Å². The van der Waals surface area contributed by atoms with Crippen LogP contribution < -0.4 is 10.6 Å². The Morgan fingerprint density at radius 1 is 1.06 bits per heavy atom. The molecule has 1 aliphatic heterocycles. The number of carbonyl (C=O) groups is 2. The van der Waals surface area contributed by atoms with E-state index in [4.69, 9.17) is 0 Å². The van der Waals surface area contributed by atoms with Gasteiger partial charge in [-0.2, -0.15) is 0 Å². The van der Waals surface area contributed by atoms with Crippen molar-refractivity contribution in [1.29, 1.82) is 0 Å². The predicted molar refractivity (Wildman–Crippen MR) is 120 cm³/mol. The van der Waals surface area contributed by atoms with Crippen LogP contribution in [0.1, 0.15) is 50.7 Å². The molecule has 0 aromatic heterocycles. The largest absolute Gasteiger partial charge is 0.362 e. The van der Waals surface area contributed by atoms with Gasteiger partial charge in [-0.25, -0.2) is 8.78 Å². The molecule has 32 heavy (non-hydrogen) atoms. The number of aryl methyl sites for hydroxylation is 1. The van der Waals surface area contributed by atoms with Gasteiger partial charge in [-0.05, 0) is 55.0 Å². The molecule has 2 aromatic carbocycles. The molecular formula is C26H26F2N2O2. The number of halogens is 2. The lowest BCUT2D eigenvalue weighted by atomic mass is 9.68. The fourth-order valence-corrected chi connectivity index (χ4v) is 4.67. The lowest BCUT2D eigenvalue weighted by Gasteiger charge is -2.39. The van der Waals surface area contributed by atoms with Crippen LogP contribution in [0.2, 0.25) is 0 Å². The van der Waals surface area contributed by atoms with Crippen LogP contribution >= 0.6 is 0 Å². The predicted octanol–water partition coefficient (Wildman–Crippen LogP) is 5.52. The van der Waals surface area contributed by atoms with E-state index in [1.54, 1.807) is 13.0 Å². The molecule has 1 atom stereocenters. The number of ketones is 1. The highest BCUT2D eigenvalue weighted by Crippen LogP contribution is 2.46. The maximum absolute atomic E-state index is 14.2. The first-order chi connectivity index (χ1) is 15.1. The third-order valence-electron chi connectivity index (χ3n) is 6.15. The number of benzene rings is 2. The quantitative estimate of drug-likeness (QED) is 0.667. The number of amides is 1. The van der Waals surface area contributed by atoms with Crippen LogP contribution in [0.5, 0.6) is 0 Å². The van der Waals surface area contributed by atoms with E-state index in [0.29, 0.717) is 40.9 Å². The summed E-state index contributed by atoms with van der Waals surface area (Å²) in [5.74, 6) is -3.24. The van der Waals surface area contributed by atoms with Crippen molar-refractivity contribution in [2.75, 3.05) is 5.32 Å². The van der Waals surface area contributed by atoms with Crippen LogP contribution in [0.15, 0.2) is 65.0 Å².